The third kappa shape index (κ3) is 2.40. The summed E-state index contributed by atoms with van der Waals surface area (Å²) in [6.45, 7) is 0.0908. The number of hydrogen-bond donors (Lipinski definition) is 2. The zero-order valence-corrected chi connectivity index (χ0v) is 12.2. The Labute approximate surface area is 129 Å². The van der Waals surface area contributed by atoms with Crippen LogP contribution in [0.1, 0.15) is 23.6 Å². The fourth-order valence-electron chi connectivity index (χ4n) is 3.27. The van der Waals surface area contributed by atoms with Gasteiger partial charge in [-0.1, -0.05) is 60.7 Å². The molecule has 2 aromatic carbocycles. The van der Waals surface area contributed by atoms with Crippen LogP contribution in [0.5, 0.6) is 0 Å². The molecule has 1 heterocycles. The molecule has 4 heteroatoms. The first-order valence-corrected chi connectivity index (χ1v) is 7.40. The average Bonchev–Trinajstić information content (AvgIpc) is 2.81. The van der Waals surface area contributed by atoms with Gasteiger partial charge < -0.3 is 15.1 Å². The van der Waals surface area contributed by atoms with Crippen molar-refractivity contribution in [1.82, 2.24) is 4.90 Å². The van der Waals surface area contributed by atoms with Gasteiger partial charge in [-0.2, -0.15) is 0 Å². The Bertz CT molecular complexity index is 644. The summed E-state index contributed by atoms with van der Waals surface area (Å²) in [6.07, 6.45) is 0.0244. The number of hydrogen-bond acceptors (Lipinski definition) is 3. The third-order valence-corrected chi connectivity index (χ3v) is 4.23. The quantitative estimate of drug-likeness (QED) is 0.905. The molecule has 2 aromatic rings. The van der Waals surface area contributed by atoms with Crippen molar-refractivity contribution >= 4 is 5.91 Å². The Hall–Kier alpha value is -2.17. The number of aliphatic hydroxyl groups excluding tert-OH is 1. The summed E-state index contributed by atoms with van der Waals surface area (Å²) < 4.78 is 0. The third-order valence-electron chi connectivity index (χ3n) is 4.23. The van der Waals surface area contributed by atoms with Gasteiger partial charge in [0.2, 0.25) is 5.91 Å². The van der Waals surface area contributed by atoms with E-state index in [0.717, 1.165) is 11.1 Å². The molecule has 4 nitrogen and oxygen atoms in total. The first kappa shape index (κ1) is 14.8. The lowest BCUT2D eigenvalue weighted by molar-refractivity contribution is -0.129. The van der Waals surface area contributed by atoms with Gasteiger partial charge in [0.25, 0.3) is 0 Å². The van der Waals surface area contributed by atoms with Crippen molar-refractivity contribution < 1.29 is 15.0 Å². The molecule has 1 fully saturated rings. The summed E-state index contributed by atoms with van der Waals surface area (Å²) >= 11 is 0. The van der Waals surface area contributed by atoms with Gasteiger partial charge in [0.15, 0.2) is 0 Å². The Balaban J connectivity index is 2.10. The topological polar surface area (TPSA) is 60.8 Å². The van der Waals surface area contributed by atoms with Gasteiger partial charge in [0.05, 0.1) is 19.1 Å². The first-order chi connectivity index (χ1) is 10.7. The molecule has 0 radical (unpaired) electrons. The van der Waals surface area contributed by atoms with Gasteiger partial charge in [0, 0.05) is 6.54 Å². The maximum Gasteiger partial charge on any atom is 0.226 e. The summed E-state index contributed by atoms with van der Waals surface area (Å²) in [6, 6.07) is 18.3. The number of carbonyl (C=O) groups excluding carboxylic acids is 1. The van der Waals surface area contributed by atoms with Gasteiger partial charge in [-0.3, -0.25) is 4.79 Å². The summed E-state index contributed by atoms with van der Waals surface area (Å²) in [7, 11) is 0. The Kier molecular flexibility index (Phi) is 3.96. The summed E-state index contributed by atoms with van der Waals surface area (Å²) in [4.78, 5) is 14.0. The van der Waals surface area contributed by atoms with Gasteiger partial charge in [-0.05, 0) is 11.1 Å². The molecule has 1 amide bonds. The van der Waals surface area contributed by atoms with Crippen molar-refractivity contribution in [1.29, 1.82) is 0 Å². The van der Waals surface area contributed by atoms with Crippen molar-refractivity contribution in [3.63, 3.8) is 0 Å². The maximum absolute atomic E-state index is 12.4. The molecule has 0 bridgehead atoms. The van der Waals surface area contributed by atoms with Crippen LogP contribution < -0.4 is 0 Å². The predicted molar refractivity (Wildman–Crippen MR) is 82.9 cm³/mol. The van der Waals surface area contributed by atoms with Gasteiger partial charge in [-0.15, -0.1) is 0 Å². The molecule has 0 aromatic heterocycles. The van der Waals surface area contributed by atoms with E-state index in [0.29, 0.717) is 0 Å². The summed E-state index contributed by atoms with van der Waals surface area (Å²) in [5, 5.41) is 20.6. The molecule has 0 spiro atoms. The van der Waals surface area contributed by atoms with Crippen LogP contribution in [0.25, 0.3) is 0 Å². The molecule has 22 heavy (non-hydrogen) atoms. The van der Waals surface area contributed by atoms with E-state index in [1.807, 2.05) is 60.7 Å². The minimum atomic E-state index is -1.28. The first-order valence-electron chi connectivity index (χ1n) is 7.40. The van der Waals surface area contributed by atoms with Crippen LogP contribution in [0.2, 0.25) is 0 Å². The molecule has 0 saturated carbocycles. The van der Waals surface area contributed by atoms with Crippen LogP contribution in [0.3, 0.4) is 0 Å². The molecule has 1 saturated heterocycles. The normalized spacial score (nSPS) is 24.7. The molecule has 2 unspecified atom stereocenters. The van der Waals surface area contributed by atoms with E-state index in [1.165, 1.54) is 0 Å². The van der Waals surface area contributed by atoms with Crippen molar-refractivity contribution in [3.05, 3.63) is 71.8 Å². The summed E-state index contributed by atoms with van der Waals surface area (Å²) in [5.41, 5.74) is 0.306. The molecule has 2 N–H and O–H groups in total. The molecular weight excluding hydrogens is 278 g/mol. The fourth-order valence-corrected chi connectivity index (χ4v) is 3.27. The molecule has 3 rings (SSSR count). The molecule has 0 aliphatic carbocycles. The Morgan fingerprint density at radius 3 is 2.23 bits per heavy atom. The number of nitrogens with zero attached hydrogens (tertiary/aromatic N) is 1. The molecule has 1 aliphatic heterocycles. The monoisotopic (exact) mass is 297 g/mol. The van der Waals surface area contributed by atoms with E-state index < -0.39 is 11.6 Å². The highest BCUT2D eigenvalue weighted by Crippen LogP contribution is 2.47. The number of likely N-dealkylation sites (tertiary alicyclic amines) is 1. The highest BCUT2D eigenvalue weighted by atomic mass is 16.3. The zero-order chi connectivity index (χ0) is 15.6. The lowest BCUT2D eigenvalue weighted by atomic mass is 9.83. The van der Waals surface area contributed by atoms with E-state index in [4.69, 9.17) is 0 Å². The van der Waals surface area contributed by atoms with E-state index in [1.54, 1.807) is 4.90 Å². The van der Waals surface area contributed by atoms with Gasteiger partial charge in [-0.25, -0.2) is 0 Å². The van der Waals surface area contributed by atoms with Crippen molar-refractivity contribution in [3.8, 4) is 0 Å². The molecule has 2 atom stereocenters. The van der Waals surface area contributed by atoms with E-state index >= 15 is 0 Å². The fraction of sp³-hybridized carbons (Fsp3) is 0.278. The Morgan fingerprint density at radius 1 is 1.05 bits per heavy atom. The largest absolute Gasteiger partial charge is 0.395 e. The second-order valence-electron chi connectivity index (χ2n) is 5.59. The predicted octanol–water partition coefficient (Wildman–Crippen LogP) is 1.84. The smallest absolute Gasteiger partial charge is 0.226 e. The van der Waals surface area contributed by atoms with Gasteiger partial charge in [0.1, 0.15) is 5.60 Å². The SMILES string of the molecule is O=C1CC(O)(c2ccccc2)C(c2ccccc2)N1CCO. The highest BCUT2D eigenvalue weighted by Gasteiger charge is 2.52. The zero-order valence-electron chi connectivity index (χ0n) is 12.2. The second-order valence-corrected chi connectivity index (χ2v) is 5.59. The second kappa shape index (κ2) is 5.91. The van der Waals surface area contributed by atoms with Crippen LogP contribution in [-0.4, -0.2) is 34.2 Å². The number of carbonyl (C=O) groups is 1. The minimum Gasteiger partial charge on any atom is -0.395 e. The highest BCUT2D eigenvalue weighted by molar-refractivity contribution is 5.81. The lowest BCUT2D eigenvalue weighted by Gasteiger charge is -2.34. The number of amides is 1. The average molecular weight is 297 g/mol. The number of rotatable bonds is 4. The molecular formula is C18H19NO3. The molecule has 114 valence electrons. The van der Waals surface area contributed by atoms with Crippen LogP contribution >= 0.6 is 0 Å². The van der Waals surface area contributed by atoms with Crippen LogP contribution in [-0.2, 0) is 10.4 Å². The van der Waals surface area contributed by atoms with Crippen LogP contribution in [0.4, 0.5) is 0 Å². The standard InChI is InChI=1S/C18H19NO3/c20-12-11-19-16(21)13-18(22,15-9-5-2-6-10-15)17(19)14-7-3-1-4-8-14/h1-10,17,20,22H,11-13H2. The number of β-amino-alcohol motifs (C(OH)–C–C–N with tert-alkyl or cyclic N) is 1. The van der Waals surface area contributed by atoms with E-state index in [-0.39, 0.29) is 25.5 Å². The van der Waals surface area contributed by atoms with Gasteiger partial charge >= 0.3 is 0 Å². The van der Waals surface area contributed by atoms with E-state index in [2.05, 4.69) is 0 Å². The van der Waals surface area contributed by atoms with Crippen molar-refractivity contribution in [2.45, 2.75) is 18.1 Å². The Morgan fingerprint density at radius 2 is 1.64 bits per heavy atom. The van der Waals surface area contributed by atoms with Crippen molar-refractivity contribution in [2.75, 3.05) is 13.2 Å². The lowest BCUT2D eigenvalue weighted by Crippen LogP contribution is -2.37. The van der Waals surface area contributed by atoms with E-state index in [9.17, 15) is 15.0 Å². The maximum atomic E-state index is 12.4. The minimum absolute atomic E-state index is 0.0244. The molecule has 1 aliphatic rings. The van der Waals surface area contributed by atoms with Crippen LogP contribution in [0.15, 0.2) is 60.7 Å². The van der Waals surface area contributed by atoms with Crippen molar-refractivity contribution in [2.24, 2.45) is 0 Å². The van der Waals surface area contributed by atoms with Crippen LogP contribution in [0, 0.1) is 0 Å². The number of aliphatic hydroxyl groups is 2. The number of benzene rings is 2. The summed E-state index contributed by atoms with van der Waals surface area (Å²) in [5.74, 6) is -0.144.